The van der Waals surface area contributed by atoms with Crippen molar-refractivity contribution in [1.29, 1.82) is 0 Å². The van der Waals surface area contributed by atoms with Crippen LogP contribution in [0.15, 0.2) is 49.9 Å². The number of hydrogen-bond acceptors (Lipinski definition) is 2. The molecule has 1 N–H and O–H groups in total. The second kappa shape index (κ2) is 5.95. The monoisotopic (exact) mass is 432 g/mol. The van der Waals surface area contributed by atoms with Gasteiger partial charge in [0.15, 0.2) is 0 Å². The van der Waals surface area contributed by atoms with E-state index in [1.165, 1.54) is 0 Å². The number of pyridine rings is 1. The van der Waals surface area contributed by atoms with Crippen LogP contribution in [0.1, 0.15) is 10.4 Å². The summed E-state index contributed by atoms with van der Waals surface area (Å²) in [6, 6.07) is 9.02. The molecule has 1 aromatic carbocycles. The zero-order chi connectivity index (χ0) is 13.1. The molecule has 18 heavy (non-hydrogen) atoms. The zero-order valence-corrected chi connectivity index (χ0v) is 13.7. The molecule has 6 heteroatoms. The van der Waals surface area contributed by atoms with Gasteiger partial charge in [-0.1, -0.05) is 15.9 Å². The first kappa shape index (κ1) is 13.7. The van der Waals surface area contributed by atoms with E-state index in [1.807, 2.05) is 18.2 Å². The highest BCUT2D eigenvalue weighted by atomic mass is 79.9. The minimum absolute atomic E-state index is 0.220. The Labute approximate surface area is 129 Å². The van der Waals surface area contributed by atoms with Crippen LogP contribution < -0.4 is 5.32 Å². The standard InChI is InChI=1S/C12H7Br3N2O/c13-7-3-4-9(14)8(6-7)12(18)17-11-10(15)2-1-5-16-11/h1-6H,(H,16,17,18). The van der Waals surface area contributed by atoms with E-state index in [0.29, 0.717) is 11.4 Å². The first-order chi connectivity index (χ1) is 8.58. The highest BCUT2D eigenvalue weighted by molar-refractivity contribution is 9.11. The molecule has 0 spiro atoms. The maximum atomic E-state index is 12.1. The minimum Gasteiger partial charge on any atom is -0.306 e. The second-order valence-corrected chi connectivity index (χ2v) is 6.04. The van der Waals surface area contributed by atoms with Gasteiger partial charge in [-0.15, -0.1) is 0 Å². The first-order valence-corrected chi connectivity index (χ1v) is 7.33. The highest BCUT2D eigenvalue weighted by Gasteiger charge is 2.12. The molecule has 2 rings (SSSR count). The molecule has 1 amide bonds. The van der Waals surface area contributed by atoms with Crippen LogP contribution in [-0.2, 0) is 0 Å². The summed E-state index contributed by atoms with van der Waals surface area (Å²) in [6.07, 6.45) is 1.62. The Morgan fingerprint density at radius 1 is 1.11 bits per heavy atom. The summed E-state index contributed by atoms with van der Waals surface area (Å²) in [7, 11) is 0. The third-order valence-corrected chi connectivity index (χ3v) is 3.99. The Bertz CT molecular complexity index is 602. The van der Waals surface area contributed by atoms with Crippen LogP contribution in [0, 0.1) is 0 Å². The Hall–Kier alpha value is -0.720. The Morgan fingerprint density at radius 3 is 2.61 bits per heavy atom. The van der Waals surface area contributed by atoms with Crippen LogP contribution in [0.4, 0.5) is 5.82 Å². The van der Waals surface area contributed by atoms with Gasteiger partial charge in [0.2, 0.25) is 0 Å². The molecule has 0 bridgehead atoms. The SMILES string of the molecule is O=C(Nc1ncccc1Br)c1cc(Br)ccc1Br. The van der Waals surface area contributed by atoms with Crippen molar-refractivity contribution in [2.24, 2.45) is 0 Å². The maximum Gasteiger partial charge on any atom is 0.258 e. The predicted octanol–water partition coefficient (Wildman–Crippen LogP) is 4.62. The first-order valence-electron chi connectivity index (χ1n) is 4.95. The van der Waals surface area contributed by atoms with Crippen molar-refractivity contribution in [2.45, 2.75) is 0 Å². The molecule has 0 saturated heterocycles. The molecule has 0 saturated carbocycles. The molecule has 0 unspecified atom stereocenters. The summed E-state index contributed by atoms with van der Waals surface area (Å²) in [4.78, 5) is 16.2. The van der Waals surface area contributed by atoms with E-state index in [2.05, 4.69) is 58.1 Å². The summed E-state index contributed by atoms with van der Waals surface area (Å²) in [6.45, 7) is 0. The smallest absolute Gasteiger partial charge is 0.258 e. The number of carbonyl (C=O) groups is 1. The topological polar surface area (TPSA) is 42.0 Å². The number of hydrogen-bond donors (Lipinski definition) is 1. The number of aromatic nitrogens is 1. The molecule has 0 fully saturated rings. The van der Waals surface area contributed by atoms with E-state index in [1.54, 1.807) is 18.3 Å². The third kappa shape index (κ3) is 3.18. The van der Waals surface area contributed by atoms with Gasteiger partial charge in [0, 0.05) is 15.1 Å². The fourth-order valence-corrected chi connectivity index (χ4v) is 2.47. The van der Waals surface area contributed by atoms with Gasteiger partial charge in [-0.05, 0) is 62.2 Å². The van der Waals surface area contributed by atoms with Gasteiger partial charge in [-0.3, -0.25) is 4.79 Å². The van der Waals surface area contributed by atoms with Crippen molar-refractivity contribution in [3.63, 3.8) is 0 Å². The van der Waals surface area contributed by atoms with E-state index in [-0.39, 0.29) is 5.91 Å². The van der Waals surface area contributed by atoms with Crippen LogP contribution in [-0.4, -0.2) is 10.9 Å². The van der Waals surface area contributed by atoms with Gasteiger partial charge in [0.05, 0.1) is 10.0 Å². The van der Waals surface area contributed by atoms with E-state index < -0.39 is 0 Å². The van der Waals surface area contributed by atoms with Gasteiger partial charge in [-0.2, -0.15) is 0 Å². The lowest BCUT2D eigenvalue weighted by atomic mass is 10.2. The lowest BCUT2D eigenvalue weighted by Gasteiger charge is -2.07. The second-order valence-electron chi connectivity index (χ2n) is 3.41. The van der Waals surface area contributed by atoms with E-state index >= 15 is 0 Å². The number of nitrogens with one attached hydrogen (secondary N) is 1. The Balaban J connectivity index is 2.28. The number of rotatable bonds is 2. The lowest BCUT2D eigenvalue weighted by molar-refractivity contribution is 0.102. The largest absolute Gasteiger partial charge is 0.306 e. The fraction of sp³-hybridized carbons (Fsp3) is 0. The summed E-state index contributed by atoms with van der Waals surface area (Å²) >= 11 is 10.0. The molecule has 1 aromatic heterocycles. The van der Waals surface area contributed by atoms with Gasteiger partial charge in [0.1, 0.15) is 5.82 Å². The number of benzene rings is 1. The summed E-state index contributed by atoms with van der Waals surface area (Å²) in [5.41, 5.74) is 0.543. The Kier molecular flexibility index (Phi) is 4.53. The van der Waals surface area contributed by atoms with Crippen LogP contribution in [0.25, 0.3) is 0 Å². The minimum atomic E-state index is -0.220. The van der Waals surface area contributed by atoms with E-state index in [4.69, 9.17) is 0 Å². The van der Waals surface area contributed by atoms with Crippen molar-refractivity contribution in [3.05, 3.63) is 55.5 Å². The number of carbonyl (C=O) groups excluding carboxylic acids is 1. The van der Waals surface area contributed by atoms with Crippen molar-refractivity contribution in [3.8, 4) is 0 Å². The maximum absolute atomic E-state index is 12.1. The molecule has 0 aliphatic carbocycles. The molecule has 92 valence electrons. The molecule has 0 radical (unpaired) electrons. The van der Waals surface area contributed by atoms with Crippen molar-refractivity contribution in [2.75, 3.05) is 5.32 Å². The Morgan fingerprint density at radius 2 is 1.89 bits per heavy atom. The predicted molar refractivity (Wildman–Crippen MR) is 81.7 cm³/mol. The quantitative estimate of drug-likeness (QED) is 0.749. The highest BCUT2D eigenvalue weighted by Crippen LogP contribution is 2.24. The molecule has 3 nitrogen and oxygen atoms in total. The van der Waals surface area contributed by atoms with E-state index in [0.717, 1.165) is 13.4 Å². The summed E-state index contributed by atoms with van der Waals surface area (Å²) < 4.78 is 2.32. The van der Waals surface area contributed by atoms with E-state index in [9.17, 15) is 4.79 Å². The lowest BCUT2D eigenvalue weighted by Crippen LogP contribution is -2.14. The zero-order valence-electron chi connectivity index (χ0n) is 8.95. The molecule has 0 aliphatic heterocycles. The molecular weight excluding hydrogens is 428 g/mol. The molecule has 0 atom stereocenters. The normalized spacial score (nSPS) is 10.2. The number of nitrogens with zero attached hydrogens (tertiary/aromatic N) is 1. The summed E-state index contributed by atoms with van der Waals surface area (Å²) in [5, 5.41) is 2.75. The van der Waals surface area contributed by atoms with Gasteiger partial charge in [0.25, 0.3) is 5.91 Å². The van der Waals surface area contributed by atoms with Crippen LogP contribution >= 0.6 is 47.8 Å². The molecule has 1 heterocycles. The number of anilines is 1. The molecule has 2 aromatic rings. The molecule has 0 aliphatic rings. The number of halogens is 3. The van der Waals surface area contributed by atoms with Crippen molar-refractivity contribution >= 4 is 59.5 Å². The van der Waals surface area contributed by atoms with Crippen LogP contribution in [0.3, 0.4) is 0 Å². The number of amides is 1. The van der Waals surface area contributed by atoms with Gasteiger partial charge >= 0.3 is 0 Å². The molecular formula is C12H7Br3N2O. The average Bonchev–Trinajstić information content (AvgIpc) is 2.35. The third-order valence-electron chi connectivity index (χ3n) is 2.16. The summed E-state index contributed by atoms with van der Waals surface area (Å²) in [5.74, 6) is 0.275. The van der Waals surface area contributed by atoms with Crippen LogP contribution in [0.5, 0.6) is 0 Å². The fourth-order valence-electron chi connectivity index (χ4n) is 1.32. The van der Waals surface area contributed by atoms with Gasteiger partial charge < -0.3 is 5.32 Å². The van der Waals surface area contributed by atoms with Crippen molar-refractivity contribution < 1.29 is 4.79 Å². The van der Waals surface area contributed by atoms with Gasteiger partial charge in [-0.25, -0.2) is 4.98 Å². The van der Waals surface area contributed by atoms with Crippen molar-refractivity contribution in [1.82, 2.24) is 4.98 Å². The average molecular weight is 435 g/mol. The van der Waals surface area contributed by atoms with Crippen LogP contribution in [0.2, 0.25) is 0 Å².